The highest BCUT2D eigenvalue weighted by atomic mass is 35.5. The Morgan fingerprint density at radius 3 is 2.62 bits per heavy atom. The average Bonchev–Trinajstić information content (AvgIpc) is 2.32. The van der Waals surface area contributed by atoms with E-state index in [0.717, 1.165) is 19.6 Å². The third-order valence-electron chi connectivity index (χ3n) is 3.89. The molecule has 94 valence electrons. The minimum atomic E-state index is 0.305. The van der Waals surface area contributed by atoms with E-state index >= 15 is 0 Å². The number of hydrogen-bond acceptors (Lipinski definition) is 2. The lowest BCUT2D eigenvalue weighted by Gasteiger charge is -2.46. The summed E-state index contributed by atoms with van der Waals surface area (Å²) in [6.45, 7) is 12.1. The number of halogens is 1. The Hall–Kier alpha value is -0.0500. The molecule has 0 aromatic carbocycles. The first-order valence-corrected chi connectivity index (χ1v) is 6.75. The second-order valence-electron chi connectivity index (χ2n) is 5.08. The van der Waals surface area contributed by atoms with E-state index in [9.17, 15) is 0 Å². The molecule has 0 aliphatic carbocycles. The number of rotatable bonds is 4. The van der Waals surface area contributed by atoms with E-state index in [1.54, 1.807) is 5.54 Å². The van der Waals surface area contributed by atoms with Gasteiger partial charge in [0.2, 0.25) is 0 Å². The number of hydrogen-bond donors (Lipinski definition) is 1. The van der Waals surface area contributed by atoms with Crippen molar-refractivity contribution in [2.24, 2.45) is 0 Å². The first kappa shape index (κ1) is 14.0. The van der Waals surface area contributed by atoms with Crippen molar-refractivity contribution < 1.29 is 0 Å². The molecule has 0 aromatic rings. The molecule has 0 radical (unpaired) electrons. The van der Waals surface area contributed by atoms with Crippen LogP contribution in [0.25, 0.3) is 0 Å². The molecule has 0 spiro atoms. The van der Waals surface area contributed by atoms with Crippen LogP contribution in [0.3, 0.4) is 0 Å². The molecule has 1 aliphatic heterocycles. The SMILES string of the molecule is CCC1(CC)CN(CC(C)=CCl)C(C)CN1. The summed E-state index contributed by atoms with van der Waals surface area (Å²) in [5, 5.41) is 3.71. The Balaban J connectivity index is 2.68. The average molecular weight is 245 g/mol. The molecule has 1 unspecified atom stereocenters. The largest absolute Gasteiger partial charge is 0.308 e. The molecule has 1 fully saturated rings. The highest BCUT2D eigenvalue weighted by Gasteiger charge is 2.34. The summed E-state index contributed by atoms with van der Waals surface area (Å²) in [5.74, 6) is 0. The maximum Gasteiger partial charge on any atom is 0.0304 e. The lowest BCUT2D eigenvalue weighted by Crippen LogP contribution is -2.63. The predicted octanol–water partition coefficient (Wildman–Crippen LogP) is 2.98. The van der Waals surface area contributed by atoms with Gasteiger partial charge in [-0.25, -0.2) is 0 Å². The van der Waals surface area contributed by atoms with Crippen molar-refractivity contribution in [3.63, 3.8) is 0 Å². The Labute approximate surface area is 105 Å². The summed E-state index contributed by atoms with van der Waals surface area (Å²) in [7, 11) is 0. The molecule has 0 bridgehead atoms. The van der Waals surface area contributed by atoms with E-state index in [-0.39, 0.29) is 0 Å². The predicted molar refractivity (Wildman–Crippen MR) is 72.0 cm³/mol. The number of nitrogens with one attached hydrogen (secondary N) is 1. The van der Waals surface area contributed by atoms with Crippen LogP contribution in [-0.4, -0.2) is 36.1 Å². The first-order valence-electron chi connectivity index (χ1n) is 6.32. The summed E-state index contributed by atoms with van der Waals surface area (Å²) in [4.78, 5) is 2.54. The molecule has 0 aromatic heterocycles. The zero-order chi connectivity index (χ0) is 12.2. The van der Waals surface area contributed by atoms with E-state index in [4.69, 9.17) is 11.6 Å². The second-order valence-corrected chi connectivity index (χ2v) is 5.30. The lowest BCUT2D eigenvalue weighted by atomic mass is 9.88. The molecule has 0 saturated carbocycles. The molecule has 0 amide bonds. The lowest BCUT2D eigenvalue weighted by molar-refractivity contribution is 0.0892. The maximum atomic E-state index is 5.75. The van der Waals surface area contributed by atoms with Gasteiger partial charge in [0.05, 0.1) is 0 Å². The van der Waals surface area contributed by atoms with Crippen molar-refractivity contribution in [2.45, 2.75) is 52.1 Å². The van der Waals surface area contributed by atoms with Gasteiger partial charge in [0.15, 0.2) is 0 Å². The van der Waals surface area contributed by atoms with Crippen LogP contribution in [0.5, 0.6) is 0 Å². The minimum absolute atomic E-state index is 0.305. The van der Waals surface area contributed by atoms with E-state index in [1.165, 1.54) is 18.4 Å². The molecule has 1 aliphatic rings. The van der Waals surface area contributed by atoms with Crippen molar-refractivity contribution in [3.8, 4) is 0 Å². The molecule has 3 heteroatoms. The van der Waals surface area contributed by atoms with Gasteiger partial charge >= 0.3 is 0 Å². The van der Waals surface area contributed by atoms with Gasteiger partial charge < -0.3 is 5.32 Å². The highest BCUT2D eigenvalue weighted by molar-refractivity contribution is 6.25. The van der Waals surface area contributed by atoms with Gasteiger partial charge in [0.1, 0.15) is 0 Å². The van der Waals surface area contributed by atoms with Gasteiger partial charge in [-0.1, -0.05) is 25.4 Å². The van der Waals surface area contributed by atoms with Crippen molar-refractivity contribution >= 4 is 11.6 Å². The molecular formula is C13H25ClN2. The van der Waals surface area contributed by atoms with Crippen LogP contribution >= 0.6 is 11.6 Å². The molecule has 1 N–H and O–H groups in total. The third kappa shape index (κ3) is 3.22. The summed E-state index contributed by atoms with van der Waals surface area (Å²) in [6, 6.07) is 0.595. The van der Waals surface area contributed by atoms with Gasteiger partial charge in [-0.05, 0) is 32.3 Å². The summed E-state index contributed by atoms with van der Waals surface area (Å²) in [6.07, 6.45) is 2.38. The second kappa shape index (κ2) is 6.04. The van der Waals surface area contributed by atoms with Crippen LogP contribution in [0.2, 0.25) is 0 Å². The van der Waals surface area contributed by atoms with E-state index in [1.807, 2.05) is 0 Å². The smallest absolute Gasteiger partial charge is 0.0304 e. The highest BCUT2D eigenvalue weighted by Crippen LogP contribution is 2.23. The van der Waals surface area contributed by atoms with Crippen molar-refractivity contribution in [2.75, 3.05) is 19.6 Å². The van der Waals surface area contributed by atoms with E-state index in [0.29, 0.717) is 11.6 Å². The van der Waals surface area contributed by atoms with Crippen LogP contribution < -0.4 is 5.32 Å². The molecule has 1 atom stereocenters. The standard InChI is InChI=1S/C13H25ClN2/c1-5-13(6-2)10-16(9-11(3)7-14)12(4)8-15-13/h7,12,15H,5-6,8-10H2,1-4H3. The Kier molecular flexibility index (Phi) is 5.29. The van der Waals surface area contributed by atoms with Crippen LogP contribution in [0.1, 0.15) is 40.5 Å². The van der Waals surface area contributed by atoms with Crippen LogP contribution in [0.4, 0.5) is 0 Å². The van der Waals surface area contributed by atoms with Gasteiger partial charge in [0.25, 0.3) is 0 Å². The Morgan fingerprint density at radius 1 is 1.50 bits per heavy atom. The zero-order valence-corrected chi connectivity index (χ0v) is 11.8. The Bertz CT molecular complexity index is 246. The van der Waals surface area contributed by atoms with Gasteiger partial charge in [-0.15, -0.1) is 0 Å². The monoisotopic (exact) mass is 244 g/mol. The summed E-state index contributed by atoms with van der Waals surface area (Å²) < 4.78 is 0. The van der Waals surface area contributed by atoms with Gasteiger partial charge in [-0.2, -0.15) is 0 Å². The molecule has 1 saturated heterocycles. The fourth-order valence-electron chi connectivity index (χ4n) is 2.38. The summed E-state index contributed by atoms with van der Waals surface area (Å²) in [5.41, 5.74) is 3.25. The number of piperazine rings is 1. The van der Waals surface area contributed by atoms with Gasteiger partial charge in [-0.3, -0.25) is 4.90 Å². The normalized spacial score (nSPS) is 27.1. The fourth-order valence-corrected chi connectivity index (χ4v) is 2.45. The van der Waals surface area contributed by atoms with E-state index in [2.05, 4.69) is 37.9 Å². The molecule has 1 heterocycles. The topological polar surface area (TPSA) is 15.3 Å². The minimum Gasteiger partial charge on any atom is -0.308 e. The summed E-state index contributed by atoms with van der Waals surface area (Å²) >= 11 is 5.75. The van der Waals surface area contributed by atoms with Crippen molar-refractivity contribution in [1.82, 2.24) is 10.2 Å². The molecule has 16 heavy (non-hydrogen) atoms. The first-order chi connectivity index (χ1) is 7.56. The zero-order valence-electron chi connectivity index (χ0n) is 11.0. The van der Waals surface area contributed by atoms with E-state index < -0.39 is 0 Å². The third-order valence-corrected chi connectivity index (χ3v) is 4.27. The molecule has 2 nitrogen and oxygen atoms in total. The quantitative estimate of drug-likeness (QED) is 0.818. The van der Waals surface area contributed by atoms with Crippen LogP contribution in [-0.2, 0) is 0 Å². The van der Waals surface area contributed by atoms with Crippen LogP contribution in [0, 0.1) is 0 Å². The van der Waals surface area contributed by atoms with Gasteiger partial charge in [0, 0.05) is 36.8 Å². The van der Waals surface area contributed by atoms with Crippen molar-refractivity contribution in [1.29, 1.82) is 0 Å². The van der Waals surface area contributed by atoms with Crippen LogP contribution in [0.15, 0.2) is 11.1 Å². The molecular weight excluding hydrogens is 220 g/mol. The Morgan fingerprint density at radius 2 is 2.12 bits per heavy atom. The van der Waals surface area contributed by atoms with Crippen molar-refractivity contribution in [3.05, 3.63) is 11.1 Å². The number of nitrogens with zero attached hydrogens (tertiary/aromatic N) is 1. The maximum absolute atomic E-state index is 5.75. The molecule has 1 rings (SSSR count). The fraction of sp³-hybridized carbons (Fsp3) is 0.846.